The Labute approximate surface area is 225 Å². The first kappa shape index (κ1) is 24.4. The number of aliphatic hydroxyl groups excluding tert-OH is 1. The normalized spacial score (nSPS) is 33.2. The zero-order valence-corrected chi connectivity index (χ0v) is 22.9. The lowest BCUT2D eigenvalue weighted by atomic mass is 9.48. The van der Waals surface area contributed by atoms with E-state index in [4.69, 9.17) is 11.6 Å². The smallest absolute Gasteiger partial charge is 0.264 e. The molecule has 1 unspecified atom stereocenters. The first-order chi connectivity index (χ1) is 17.8. The number of likely N-dealkylation sites (tertiary alicyclic amines) is 1. The Kier molecular flexibility index (Phi) is 5.93. The van der Waals surface area contributed by atoms with Gasteiger partial charge in [0.15, 0.2) is 0 Å². The maximum absolute atomic E-state index is 13.7. The van der Waals surface area contributed by atoms with Gasteiger partial charge in [-0.2, -0.15) is 0 Å². The summed E-state index contributed by atoms with van der Waals surface area (Å²) in [6.07, 6.45) is 9.53. The van der Waals surface area contributed by atoms with Gasteiger partial charge in [-0.25, -0.2) is 8.42 Å². The molecule has 8 rings (SSSR count). The van der Waals surface area contributed by atoms with Crippen molar-refractivity contribution >= 4 is 27.3 Å². The number of hydrogen-bond donors (Lipinski definition) is 1. The van der Waals surface area contributed by atoms with E-state index in [1.54, 1.807) is 22.5 Å². The maximum Gasteiger partial charge on any atom is 0.264 e. The summed E-state index contributed by atoms with van der Waals surface area (Å²) in [5.41, 5.74) is 2.51. The fourth-order valence-electron chi connectivity index (χ4n) is 8.91. The monoisotopic (exact) mass is 540 g/mol. The van der Waals surface area contributed by atoms with Crippen LogP contribution in [0.4, 0.5) is 5.69 Å². The first-order valence-corrected chi connectivity index (χ1v) is 15.9. The Hall–Kier alpha value is -1.60. The summed E-state index contributed by atoms with van der Waals surface area (Å²) < 4.78 is 29.0. The SMILES string of the molecule is O=S1(=O)c2ccccc2-c2ccc(Cl)cc2N1CC1CCN(CC(O)C23CC4CC(CC(C4)C2)C3)CC1. The minimum absolute atomic E-state index is 0.157. The number of piperidine rings is 1. The summed E-state index contributed by atoms with van der Waals surface area (Å²) in [6, 6.07) is 12.8. The fraction of sp³-hybridized carbons (Fsp3) is 0.600. The topological polar surface area (TPSA) is 60.9 Å². The number of benzene rings is 2. The molecule has 1 atom stereocenters. The molecule has 1 N–H and O–H groups in total. The van der Waals surface area contributed by atoms with Crippen molar-refractivity contribution in [3.63, 3.8) is 0 Å². The number of aliphatic hydroxyl groups is 1. The number of nitrogens with zero attached hydrogens (tertiary/aromatic N) is 2. The van der Waals surface area contributed by atoms with Crippen LogP contribution in [0.5, 0.6) is 0 Å². The second kappa shape index (κ2) is 8.97. The molecule has 0 radical (unpaired) electrons. The van der Waals surface area contributed by atoms with Crippen molar-refractivity contribution in [1.29, 1.82) is 0 Å². The average Bonchev–Trinajstić information content (AvgIpc) is 2.87. The maximum atomic E-state index is 13.7. The molecule has 2 heterocycles. The Morgan fingerprint density at radius 2 is 1.59 bits per heavy atom. The molecule has 37 heavy (non-hydrogen) atoms. The molecule has 5 fully saturated rings. The van der Waals surface area contributed by atoms with Gasteiger partial charge in [0.1, 0.15) is 0 Å². The molecule has 2 aromatic carbocycles. The van der Waals surface area contributed by atoms with E-state index in [0.29, 0.717) is 22.2 Å². The predicted octanol–water partition coefficient (Wildman–Crippen LogP) is 5.81. The zero-order valence-electron chi connectivity index (χ0n) is 21.4. The fourth-order valence-corrected chi connectivity index (χ4v) is 10.8. The van der Waals surface area contributed by atoms with Crippen LogP contribution >= 0.6 is 11.6 Å². The summed E-state index contributed by atoms with van der Waals surface area (Å²) in [4.78, 5) is 2.81. The highest BCUT2D eigenvalue weighted by Crippen LogP contribution is 2.61. The van der Waals surface area contributed by atoms with Crippen molar-refractivity contribution < 1.29 is 13.5 Å². The quantitative estimate of drug-likeness (QED) is 0.520. The van der Waals surface area contributed by atoms with Gasteiger partial charge >= 0.3 is 0 Å². The van der Waals surface area contributed by atoms with E-state index in [2.05, 4.69) is 4.90 Å². The van der Waals surface area contributed by atoms with Crippen molar-refractivity contribution in [2.45, 2.75) is 62.4 Å². The van der Waals surface area contributed by atoms with Gasteiger partial charge in [0.25, 0.3) is 10.0 Å². The van der Waals surface area contributed by atoms with E-state index >= 15 is 0 Å². The first-order valence-electron chi connectivity index (χ1n) is 14.1. The number of sulfonamides is 1. The summed E-state index contributed by atoms with van der Waals surface area (Å²) in [5, 5.41) is 12.0. The third-order valence-electron chi connectivity index (χ3n) is 10.3. The van der Waals surface area contributed by atoms with E-state index in [9.17, 15) is 13.5 Å². The van der Waals surface area contributed by atoms with Crippen molar-refractivity contribution in [2.75, 3.05) is 30.5 Å². The highest BCUT2D eigenvalue weighted by atomic mass is 35.5. The number of fused-ring (bicyclic) bond motifs is 3. The highest BCUT2D eigenvalue weighted by molar-refractivity contribution is 7.93. The minimum atomic E-state index is -3.65. The van der Waals surface area contributed by atoms with E-state index < -0.39 is 10.0 Å². The van der Waals surface area contributed by atoms with Crippen molar-refractivity contribution in [3.05, 3.63) is 47.5 Å². The van der Waals surface area contributed by atoms with Crippen molar-refractivity contribution in [2.24, 2.45) is 29.1 Å². The van der Waals surface area contributed by atoms with Gasteiger partial charge in [-0.1, -0.05) is 35.9 Å². The Morgan fingerprint density at radius 3 is 2.27 bits per heavy atom. The Balaban J connectivity index is 1.04. The van der Waals surface area contributed by atoms with E-state index in [1.807, 2.05) is 24.3 Å². The van der Waals surface area contributed by atoms with Gasteiger partial charge in [-0.15, -0.1) is 0 Å². The predicted molar refractivity (Wildman–Crippen MR) is 147 cm³/mol. The second-order valence-corrected chi connectivity index (χ2v) is 15.0. The third kappa shape index (κ3) is 4.14. The molecular weight excluding hydrogens is 504 g/mol. The van der Waals surface area contributed by atoms with Crippen LogP contribution in [0, 0.1) is 29.1 Å². The minimum Gasteiger partial charge on any atom is -0.391 e. The molecule has 6 aliphatic rings. The molecule has 2 aromatic rings. The van der Waals surface area contributed by atoms with Gasteiger partial charge in [0.2, 0.25) is 0 Å². The van der Waals surface area contributed by atoms with Crippen molar-refractivity contribution in [3.8, 4) is 11.1 Å². The number of β-amino-alcohol motifs (C(OH)–C–C–N with tert-alkyl or cyclic N) is 1. The lowest BCUT2D eigenvalue weighted by molar-refractivity contribution is -0.127. The summed E-state index contributed by atoms with van der Waals surface area (Å²) in [7, 11) is -3.65. The Morgan fingerprint density at radius 1 is 0.946 bits per heavy atom. The van der Waals surface area contributed by atoms with Gasteiger partial charge < -0.3 is 10.0 Å². The van der Waals surface area contributed by atoms with Gasteiger partial charge in [0.05, 0.1) is 16.7 Å². The molecule has 0 spiro atoms. The second-order valence-electron chi connectivity index (χ2n) is 12.7. The molecule has 5 nitrogen and oxygen atoms in total. The van der Waals surface area contributed by atoms with Gasteiger partial charge in [-0.05, 0) is 112 Å². The van der Waals surface area contributed by atoms with Crippen LogP contribution in [0.1, 0.15) is 51.4 Å². The van der Waals surface area contributed by atoms with Crippen molar-refractivity contribution in [1.82, 2.24) is 4.90 Å². The number of rotatable bonds is 5. The standard InChI is InChI=1S/C30H37ClN2O3S/c31-24-5-6-25-26-3-1-2-4-28(26)37(35,36)33(27(25)14-24)18-20-7-9-32(10-8-20)19-29(34)30-15-21-11-22(16-30)13-23(12-21)17-30/h1-6,14,20-23,29,34H,7-13,15-19H2. The van der Waals surface area contributed by atoms with Crippen LogP contribution in [0.3, 0.4) is 0 Å². The molecule has 0 amide bonds. The molecule has 4 bridgehead atoms. The summed E-state index contributed by atoms with van der Waals surface area (Å²) >= 11 is 6.33. The third-order valence-corrected chi connectivity index (χ3v) is 12.4. The molecule has 4 aliphatic carbocycles. The summed E-state index contributed by atoms with van der Waals surface area (Å²) in [5.74, 6) is 2.82. The number of anilines is 1. The van der Waals surface area contributed by atoms with Gasteiger partial charge in [0, 0.05) is 29.2 Å². The molecular formula is C30H37ClN2O3S. The molecule has 4 saturated carbocycles. The molecule has 1 saturated heterocycles. The lowest BCUT2D eigenvalue weighted by Crippen LogP contribution is -2.55. The Bertz CT molecular complexity index is 1270. The van der Waals surface area contributed by atoms with Crippen LogP contribution in [0.25, 0.3) is 11.1 Å². The molecule has 198 valence electrons. The molecule has 2 aliphatic heterocycles. The van der Waals surface area contributed by atoms with Crippen LogP contribution in [-0.2, 0) is 10.0 Å². The van der Waals surface area contributed by atoms with Crippen LogP contribution in [0.15, 0.2) is 47.4 Å². The lowest BCUT2D eigenvalue weighted by Gasteiger charge is -2.59. The van der Waals surface area contributed by atoms with E-state index in [1.165, 1.54) is 38.5 Å². The largest absolute Gasteiger partial charge is 0.391 e. The van der Waals surface area contributed by atoms with Crippen LogP contribution in [0.2, 0.25) is 5.02 Å². The number of halogens is 1. The zero-order chi connectivity index (χ0) is 25.4. The molecule has 7 heteroatoms. The van der Waals surface area contributed by atoms with E-state index in [-0.39, 0.29) is 17.4 Å². The van der Waals surface area contributed by atoms with E-state index in [0.717, 1.165) is 61.4 Å². The van der Waals surface area contributed by atoms with Crippen LogP contribution in [-0.4, -0.2) is 50.7 Å². The van der Waals surface area contributed by atoms with Crippen LogP contribution < -0.4 is 4.31 Å². The van der Waals surface area contributed by atoms with Gasteiger partial charge in [-0.3, -0.25) is 4.31 Å². The molecule has 0 aromatic heterocycles. The summed E-state index contributed by atoms with van der Waals surface area (Å²) in [6.45, 7) is 3.07. The highest BCUT2D eigenvalue weighted by Gasteiger charge is 2.54. The number of hydrogen-bond acceptors (Lipinski definition) is 4. The average molecular weight is 541 g/mol.